The molecule has 0 fully saturated rings. The first-order valence-corrected chi connectivity index (χ1v) is 8.55. The smallest absolute Gasteiger partial charge is 0.290 e. The van der Waals surface area contributed by atoms with E-state index in [1.165, 1.54) is 6.26 Å². The average molecular weight is 394 g/mol. The summed E-state index contributed by atoms with van der Waals surface area (Å²) in [4.78, 5) is 40.2. The van der Waals surface area contributed by atoms with Gasteiger partial charge in [0, 0.05) is 18.2 Å². The zero-order valence-corrected chi connectivity index (χ0v) is 14.8. The maximum atomic E-state index is 12.3. The number of nitrogens with zero attached hydrogens (tertiary/aromatic N) is 3. The molecule has 2 amide bonds. The minimum atomic E-state index is -0.663. The molecule has 3 heterocycles. The molecule has 4 aromatic rings. The molecule has 0 aliphatic rings. The number of furan rings is 1. The molecule has 0 aliphatic heterocycles. The van der Waals surface area contributed by atoms with Gasteiger partial charge in [-0.25, -0.2) is 5.10 Å². The van der Waals surface area contributed by atoms with Crippen molar-refractivity contribution >= 4 is 22.6 Å². The van der Waals surface area contributed by atoms with Crippen LogP contribution >= 0.6 is 0 Å². The van der Waals surface area contributed by atoms with Gasteiger partial charge in [-0.3, -0.25) is 25.2 Å². The molecule has 0 bridgehead atoms. The molecule has 29 heavy (non-hydrogen) atoms. The largest absolute Gasteiger partial charge is 0.461 e. The van der Waals surface area contributed by atoms with Crippen molar-refractivity contribution in [1.29, 1.82) is 0 Å². The Morgan fingerprint density at radius 2 is 1.90 bits per heavy atom. The molecule has 11 nitrogen and oxygen atoms in total. The van der Waals surface area contributed by atoms with Crippen LogP contribution in [0.5, 0.6) is 0 Å². The van der Waals surface area contributed by atoms with Crippen molar-refractivity contribution in [3.63, 3.8) is 0 Å². The lowest BCUT2D eigenvalue weighted by Crippen LogP contribution is -2.42. The molecule has 0 atom stereocenters. The van der Waals surface area contributed by atoms with E-state index in [4.69, 9.17) is 8.94 Å². The zero-order chi connectivity index (χ0) is 20.2. The van der Waals surface area contributed by atoms with Crippen LogP contribution in [0.2, 0.25) is 0 Å². The Bertz CT molecular complexity index is 1230. The van der Waals surface area contributed by atoms with Crippen LogP contribution in [0.4, 0.5) is 0 Å². The van der Waals surface area contributed by atoms with Gasteiger partial charge in [0.25, 0.3) is 11.5 Å². The highest BCUT2D eigenvalue weighted by Crippen LogP contribution is 2.16. The summed E-state index contributed by atoms with van der Waals surface area (Å²) in [6.07, 6.45) is 1.66. The molecule has 0 spiro atoms. The van der Waals surface area contributed by atoms with Gasteiger partial charge in [0.15, 0.2) is 11.5 Å². The second kappa shape index (κ2) is 7.76. The first kappa shape index (κ1) is 18.1. The fourth-order valence-corrected chi connectivity index (χ4v) is 2.62. The summed E-state index contributed by atoms with van der Waals surface area (Å²) in [5, 5.41) is 10.5. The fourth-order valence-electron chi connectivity index (χ4n) is 2.62. The monoisotopic (exact) mass is 394 g/mol. The van der Waals surface area contributed by atoms with Crippen LogP contribution in [0.25, 0.3) is 22.4 Å². The number of aromatic amines is 1. The van der Waals surface area contributed by atoms with E-state index < -0.39 is 17.4 Å². The lowest BCUT2D eigenvalue weighted by atomic mass is 10.1. The van der Waals surface area contributed by atoms with Crippen LogP contribution in [-0.2, 0) is 11.2 Å². The van der Waals surface area contributed by atoms with Gasteiger partial charge in [-0.05, 0) is 18.2 Å². The number of amides is 2. The van der Waals surface area contributed by atoms with Crippen molar-refractivity contribution in [3.05, 3.63) is 64.6 Å². The second-order valence-corrected chi connectivity index (χ2v) is 5.94. The predicted molar refractivity (Wildman–Crippen MR) is 98.3 cm³/mol. The molecule has 4 rings (SSSR count). The summed E-state index contributed by atoms with van der Waals surface area (Å²) in [6, 6.07) is 9.91. The number of aryl methyl sites for hydroxylation is 1. The third-order valence-corrected chi connectivity index (χ3v) is 4.00. The number of carbonyl (C=O) groups is 2. The number of fused-ring (bicyclic) bond motifs is 1. The quantitative estimate of drug-likeness (QED) is 0.423. The van der Waals surface area contributed by atoms with E-state index in [2.05, 4.69) is 31.2 Å². The van der Waals surface area contributed by atoms with Gasteiger partial charge in [0.1, 0.15) is 0 Å². The van der Waals surface area contributed by atoms with Crippen molar-refractivity contribution in [2.24, 2.45) is 0 Å². The Kier molecular flexibility index (Phi) is 4.84. The number of aromatic nitrogens is 4. The number of carbonyl (C=O) groups excluding carboxylic acids is 2. The number of nitrogens with one attached hydrogen (secondary N) is 3. The summed E-state index contributed by atoms with van der Waals surface area (Å²) < 4.78 is 10.2. The number of rotatable bonds is 5. The van der Waals surface area contributed by atoms with E-state index in [1.54, 1.807) is 36.4 Å². The molecular formula is C18H14N6O5. The highest BCUT2D eigenvalue weighted by molar-refractivity contribution is 6.05. The summed E-state index contributed by atoms with van der Waals surface area (Å²) in [5.74, 6) is -0.133. The standard InChI is InChI=1S/C18H14N6O5/c25-13(7-8-14-19-16(24-29-14)12-6-3-9-28-12)20-23-18(27)15-10-4-1-2-5-11(10)17(26)22-21-15/h1-6,9H,7-8H2,(H,20,25)(H,22,26)(H,23,27). The van der Waals surface area contributed by atoms with Gasteiger partial charge in [-0.15, -0.1) is 0 Å². The van der Waals surface area contributed by atoms with Crippen molar-refractivity contribution < 1.29 is 18.5 Å². The minimum Gasteiger partial charge on any atom is -0.461 e. The lowest BCUT2D eigenvalue weighted by Gasteiger charge is -2.07. The topological polar surface area (TPSA) is 156 Å². The molecule has 146 valence electrons. The normalized spacial score (nSPS) is 10.8. The fraction of sp³-hybridized carbons (Fsp3) is 0.111. The number of hydrogen-bond acceptors (Lipinski definition) is 8. The van der Waals surface area contributed by atoms with E-state index in [9.17, 15) is 14.4 Å². The van der Waals surface area contributed by atoms with E-state index in [0.29, 0.717) is 16.5 Å². The lowest BCUT2D eigenvalue weighted by molar-refractivity contribution is -0.121. The van der Waals surface area contributed by atoms with Gasteiger partial charge in [0.05, 0.1) is 11.6 Å². The molecular weight excluding hydrogens is 380 g/mol. The van der Waals surface area contributed by atoms with Gasteiger partial charge in [0.2, 0.25) is 17.6 Å². The van der Waals surface area contributed by atoms with Crippen LogP contribution in [0.3, 0.4) is 0 Å². The number of benzene rings is 1. The Labute approximate surface area is 162 Å². The number of H-pyrrole nitrogens is 1. The molecule has 1 aromatic carbocycles. The average Bonchev–Trinajstić information content (AvgIpc) is 3.43. The van der Waals surface area contributed by atoms with E-state index in [0.717, 1.165) is 0 Å². The third kappa shape index (κ3) is 3.88. The predicted octanol–water partition coefficient (Wildman–Crippen LogP) is 0.960. The maximum absolute atomic E-state index is 12.3. The van der Waals surface area contributed by atoms with Crippen molar-refractivity contribution in [2.45, 2.75) is 12.8 Å². The third-order valence-electron chi connectivity index (χ3n) is 4.00. The molecule has 3 aromatic heterocycles. The van der Waals surface area contributed by atoms with Gasteiger partial charge >= 0.3 is 0 Å². The molecule has 0 saturated carbocycles. The Balaban J connectivity index is 1.34. The first-order chi connectivity index (χ1) is 14.1. The summed E-state index contributed by atoms with van der Waals surface area (Å²) in [5.41, 5.74) is 4.13. The Morgan fingerprint density at radius 3 is 2.69 bits per heavy atom. The van der Waals surface area contributed by atoms with Crippen LogP contribution in [0, 0.1) is 0 Å². The van der Waals surface area contributed by atoms with E-state index in [-0.39, 0.29) is 30.3 Å². The minimum absolute atomic E-state index is 0.000132. The van der Waals surface area contributed by atoms with Crippen molar-refractivity contribution in [2.75, 3.05) is 0 Å². The van der Waals surface area contributed by atoms with E-state index >= 15 is 0 Å². The van der Waals surface area contributed by atoms with Crippen LogP contribution in [0.15, 0.2) is 56.4 Å². The highest BCUT2D eigenvalue weighted by atomic mass is 16.5. The van der Waals surface area contributed by atoms with Crippen molar-refractivity contribution in [3.8, 4) is 11.6 Å². The van der Waals surface area contributed by atoms with Gasteiger partial charge in [-0.1, -0.05) is 23.4 Å². The second-order valence-electron chi connectivity index (χ2n) is 5.94. The van der Waals surface area contributed by atoms with Crippen molar-refractivity contribution in [1.82, 2.24) is 31.2 Å². The zero-order valence-electron chi connectivity index (χ0n) is 14.8. The molecule has 0 radical (unpaired) electrons. The maximum Gasteiger partial charge on any atom is 0.290 e. The highest BCUT2D eigenvalue weighted by Gasteiger charge is 2.16. The van der Waals surface area contributed by atoms with Crippen LogP contribution in [0.1, 0.15) is 22.8 Å². The number of hydrazine groups is 1. The molecule has 11 heteroatoms. The van der Waals surface area contributed by atoms with Crippen LogP contribution < -0.4 is 16.4 Å². The van der Waals surface area contributed by atoms with Gasteiger partial charge < -0.3 is 8.94 Å². The van der Waals surface area contributed by atoms with Crippen LogP contribution in [-0.4, -0.2) is 32.2 Å². The first-order valence-electron chi connectivity index (χ1n) is 8.55. The molecule has 3 N–H and O–H groups in total. The molecule has 0 aliphatic carbocycles. The van der Waals surface area contributed by atoms with E-state index in [1.807, 2.05) is 0 Å². The summed E-state index contributed by atoms with van der Waals surface area (Å²) >= 11 is 0. The van der Waals surface area contributed by atoms with Gasteiger partial charge in [-0.2, -0.15) is 10.1 Å². The number of hydrogen-bond donors (Lipinski definition) is 3. The molecule has 0 saturated heterocycles. The molecule has 0 unspecified atom stereocenters. The Hall–Kier alpha value is -4.28. The SMILES string of the molecule is O=C(CCc1nc(-c2ccco2)no1)NNC(=O)c1n[nH]c(=O)c2ccccc12. The summed E-state index contributed by atoms with van der Waals surface area (Å²) in [6.45, 7) is 0. The Morgan fingerprint density at radius 1 is 1.07 bits per heavy atom. The summed E-state index contributed by atoms with van der Waals surface area (Å²) in [7, 11) is 0.